The molecule has 1 unspecified atom stereocenters. The molecule has 7 nitrogen and oxygen atoms in total. The van der Waals surface area contributed by atoms with E-state index < -0.39 is 17.8 Å². The Morgan fingerprint density at radius 3 is 2.78 bits per heavy atom. The molecule has 32 heavy (non-hydrogen) atoms. The number of rotatable bonds is 8. The highest BCUT2D eigenvalue weighted by Crippen LogP contribution is 2.42. The molecule has 2 aromatic heterocycles. The Kier molecular flexibility index (Phi) is 5.94. The Morgan fingerprint density at radius 1 is 1.31 bits per heavy atom. The molecule has 3 aromatic rings. The molecule has 170 valence electrons. The molecule has 0 spiro atoms. The van der Waals surface area contributed by atoms with Crippen molar-refractivity contribution < 1.29 is 22.7 Å². The van der Waals surface area contributed by atoms with Crippen LogP contribution >= 0.6 is 0 Å². The second-order valence-electron chi connectivity index (χ2n) is 8.08. The maximum Gasteiger partial charge on any atom is 0.435 e. The molecule has 0 bridgehead atoms. The maximum absolute atomic E-state index is 13.1. The van der Waals surface area contributed by atoms with Gasteiger partial charge in [-0.05, 0) is 36.6 Å². The van der Waals surface area contributed by atoms with Crippen molar-refractivity contribution in [3.8, 4) is 5.75 Å². The van der Waals surface area contributed by atoms with Gasteiger partial charge in [0, 0.05) is 17.8 Å². The van der Waals surface area contributed by atoms with Crippen LogP contribution in [0.15, 0.2) is 42.7 Å². The summed E-state index contributed by atoms with van der Waals surface area (Å²) in [7, 11) is 1.60. The quantitative estimate of drug-likeness (QED) is 0.559. The minimum atomic E-state index is -4.50. The first-order chi connectivity index (χ1) is 15.2. The summed E-state index contributed by atoms with van der Waals surface area (Å²) in [6, 6.07) is 8.69. The number of anilines is 1. The Balaban J connectivity index is 1.39. The van der Waals surface area contributed by atoms with Gasteiger partial charge in [-0.3, -0.25) is 14.2 Å². The molecule has 4 rings (SSSR count). The van der Waals surface area contributed by atoms with Crippen molar-refractivity contribution in [2.24, 2.45) is 5.92 Å². The SMILES string of the molecule is COc1cccc(Cn2cc(NC(=O)C(C)Cn3nc(C(F)(F)F)cc3C3CC3)cn2)c1. The molecule has 2 heterocycles. The normalized spacial score (nSPS) is 14.9. The Morgan fingerprint density at radius 2 is 2.09 bits per heavy atom. The average molecular weight is 447 g/mol. The Bertz CT molecular complexity index is 1100. The van der Waals surface area contributed by atoms with Gasteiger partial charge in [0.2, 0.25) is 5.91 Å². The first-order valence-electron chi connectivity index (χ1n) is 10.3. The highest BCUT2D eigenvalue weighted by Gasteiger charge is 2.38. The van der Waals surface area contributed by atoms with Crippen LogP contribution in [0.1, 0.15) is 42.6 Å². The van der Waals surface area contributed by atoms with Crippen molar-refractivity contribution >= 4 is 11.6 Å². The first-order valence-corrected chi connectivity index (χ1v) is 10.3. The van der Waals surface area contributed by atoms with Crippen molar-refractivity contribution in [1.82, 2.24) is 19.6 Å². The summed E-state index contributed by atoms with van der Waals surface area (Å²) in [6.45, 7) is 2.24. The average Bonchev–Trinajstić information content (AvgIpc) is 3.35. The number of halogens is 3. The van der Waals surface area contributed by atoms with Crippen LogP contribution in [-0.4, -0.2) is 32.6 Å². The molecule has 1 amide bonds. The summed E-state index contributed by atoms with van der Waals surface area (Å²) in [5.41, 5.74) is 1.14. The van der Waals surface area contributed by atoms with Crippen LogP contribution in [0.2, 0.25) is 0 Å². The zero-order chi connectivity index (χ0) is 22.9. The van der Waals surface area contributed by atoms with E-state index >= 15 is 0 Å². The number of carbonyl (C=O) groups excluding carboxylic acids is 1. The van der Waals surface area contributed by atoms with E-state index in [2.05, 4.69) is 15.5 Å². The third-order valence-electron chi connectivity index (χ3n) is 5.37. The Labute approximate surface area is 183 Å². The molecule has 1 fully saturated rings. The number of ether oxygens (including phenoxy) is 1. The van der Waals surface area contributed by atoms with Gasteiger partial charge in [-0.1, -0.05) is 19.1 Å². The molecule has 0 radical (unpaired) electrons. The number of carbonyl (C=O) groups is 1. The van der Waals surface area contributed by atoms with E-state index in [-0.39, 0.29) is 18.4 Å². The fourth-order valence-electron chi connectivity index (χ4n) is 3.50. The third-order valence-corrected chi connectivity index (χ3v) is 5.37. The van der Waals surface area contributed by atoms with Crippen LogP contribution in [0.25, 0.3) is 0 Å². The molecule has 1 aromatic carbocycles. The number of alkyl halides is 3. The second-order valence-corrected chi connectivity index (χ2v) is 8.08. The van der Waals surface area contributed by atoms with Gasteiger partial charge < -0.3 is 10.1 Å². The van der Waals surface area contributed by atoms with Gasteiger partial charge in [0.25, 0.3) is 0 Å². The van der Waals surface area contributed by atoms with Crippen LogP contribution < -0.4 is 10.1 Å². The lowest BCUT2D eigenvalue weighted by molar-refractivity contribution is -0.141. The summed E-state index contributed by atoms with van der Waals surface area (Å²) in [5, 5.41) is 10.8. The van der Waals surface area contributed by atoms with Gasteiger partial charge in [0.15, 0.2) is 5.69 Å². The van der Waals surface area contributed by atoms with Crippen molar-refractivity contribution in [3.63, 3.8) is 0 Å². The summed E-state index contributed by atoms with van der Waals surface area (Å²) < 4.78 is 47.5. The zero-order valence-electron chi connectivity index (χ0n) is 17.8. The molecule has 1 saturated carbocycles. The van der Waals surface area contributed by atoms with Gasteiger partial charge >= 0.3 is 6.18 Å². The van der Waals surface area contributed by atoms with Crippen LogP contribution in [-0.2, 0) is 24.1 Å². The van der Waals surface area contributed by atoms with E-state index in [1.807, 2.05) is 24.3 Å². The monoisotopic (exact) mass is 447 g/mol. The third kappa shape index (κ3) is 5.12. The fourth-order valence-corrected chi connectivity index (χ4v) is 3.50. The highest BCUT2D eigenvalue weighted by atomic mass is 19.4. The number of aromatic nitrogens is 4. The number of benzene rings is 1. The predicted molar refractivity (Wildman–Crippen MR) is 111 cm³/mol. The molecule has 1 aliphatic carbocycles. The number of amides is 1. The minimum Gasteiger partial charge on any atom is -0.497 e. The lowest BCUT2D eigenvalue weighted by Crippen LogP contribution is -2.25. The van der Waals surface area contributed by atoms with E-state index in [4.69, 9.17) is 4.74 Å². The molecule has 0 aliphatic heterocycles. The van der Waals surface area contributed by atoms with E-state index in [0.29, 0.717) is 17.9 Å². The number of hydrogen-bond donors (Lipinski definition) is 1. The lowest BCUT2D eigenvalue weighted by atomic mass is 10.1. The minimum absolute atomic E-state index is 0.0751. The van der Waals surface area contributed by atoms with Gasteiger partial charge in [0.1, 0.15) is 5.75 Å². The highest BCUT2D eigenvalue weighted by molar-refractivity contribution is 5.92. The molecular weight excluding hydrogens is 423 g/mol. The summed E-state index contributed by atoms with van der Waals surface area (Å²) in [4.78, 5) is 12.6. The Hall–Kier alpha value is -3.30. The van der Waals surface area contributed by atoms with Crippen LogP contribution in [0.3, 0.4) is 0 Å². The van der Waals surface area contributed by atoms with Gasteiger partial charge in [0.05, 0.1) is 38.0 Å². The standard InChI is InChI=1S/C22H24F3N5O2/c1-14(11-30-19(16-6-7-16)9-20(28-30)22(23,24)25)21(31)27-17-10-26-29(13-17)12-15-4-3-5-18(8-15)32-2/h3-5,8-10,13-14,16H,6-7,11-12H2,1-2H3,(H,27,31). The second kappa shape index (κ2) is 8.68. The van der Waals surface area contributed by atoms with Crippen molar-refractivity contribution in [2.45, 2.75) is 44.9 Å². The topological polar surface area (TPSA) is 74.0 Å². The summed E-state index contributed by atoms with van der Waals surface area (Å²) >= 11 is 0. The van der Waals surface area contributed by atoms with Gasteiger partial charge in [-0.2, -0.15) is 23.4 Å². The molecule has 1 aliphatic rings. The molecule has 10 heteroatoms. The summed E-state index contributed by atoms with van der Waals surface area (Å²) in [5.74, 6) is -0.0504. The number of nitrogens with one attached hydrogen (secondary N) is 1. The molecular formula is C22H24F3N5O2. The van der Waals surface area contributed by atoms with Crippen LogP contribution in [0.5, 0.6) is 5.75 Å². The zero-order valence-corrected chi connectivity index (χ0v) is 17.8. The van der Waals surface area contributed by atoms with Crippen LogP contribution in [0.4, 0.5) is 18.9 Å². The van der Waals surface area contributed by atoms with Crippen molar-refractivity contribution in [2.75, 3.05) is 12.4 Å². The number of nitrogens with zero attached hydrogens (tertiary/aromatic N) is 4. The maximum atomic E-state index is 13.1. The van der Waals surface area contributed by atoms with Crippen LogP contribution in [0, 0.1) is 5.92 Å². The van der Waals surface area contributed by atoms with Gasteiger partial charge in [-0.25, -0.2) is 0 Å². The smallest absolute Gasteiger partial charge is 0.435 e. The van der Waals surface area contributed by atoms with Gasteiger partial charge in [-0.15, -0.1) is 0 Å². The van der Waals surface area contributed by atoms with E-state index in [1.54, 1.807) is 24.9 Å². The molecule has 0 saturated heterocycles. The first kappa shape index (κ1) is 21.9. The predicted octanol–water partition coefficient (Wildman–Crippen LogP) is 4.31. The summed E-state index contributed by atoms with van der Waals surface area (Å²) in [6.07, 6.45) is 0.426. The van der Waals surface area contributed by atoms with E-state index in [1.165, 1.54) is 10.9 Å². The molecule has 1 atom stereocenters. The number of hydrogen-bond acceptors (Lipinski definition) is 4. The number of methoxy groups -OCH3 is 1. The largest absolute Gasteiger partial charge is 0.497 e. The lowest BCUT2D eigenvalue weighted by Gasteiger charge is -2.13. The molecule has 1 N–H and O–H groups in total. The fraction of sp³-hybridized carbons (Fsp3) is 0.409. The van der Waals surface area contributed by atoms with E-state index in [9.17, 15) is 18.0 Å². The van der Waals surface area contributed by atoms with E-state index in [0.717, 1.165) is 30.2 Å². The van der Waals surface area contributed by atoms with Crippen molar-refractivity contribution in [1.29, 1.82) is 0 Å². The van der Waals surface area contributed by atoms with Crippen molar-refractivity contribution in [3.05, 3.63) is 59.7 Å².